The molecule has 2 atom stereocenters. The van der Waals surface area contributed by atoms with Gasteiger partial charge in [0, 0.05) is 50.1 Å². The number of halogens is 2. The fourth-order valence-electron chi connectivity index (χ4n) is 6.11. The Morgan fingerprint density at radius 1 is 1.05 bits per heavy atom. The van der Waals surface area contributed by atoms with Gasteiger partial charge in [-0.1, -0.05) is 41.9 Å². The number of aromatic nitrogens is 2. The molecule has 208 valence electrons. The van der Waals surface area contributed by atoms with Crippen molar-refractivity contribution >= 4 is 23.1 Å². The summed E-state index contributed by atoms with van der Waals surface area (Å²) < 4.78 is 22.5. The standard InChI is InChI=1S/C31H39ClFN5O/c1-21(35-24-14-16-37(17-15-24)30-27(32)9-6-10-28(30)33)26-20-38(29-11-4-5-18-39-29)36-31(26)34-19-23-7-2-3-8-25(23)22-12-13-22/h2-3,6-10,20-22,24,29,35H,4-5,11-19H2,1H3,(H,34,36). The molecule has 1 aromatic heterocycles. The first-order valence-corrected chi connectivity index (χ1v) is 14.9. The zero-order chi connectivity index (χ0) is 26.8. The van der Waals surface area contributed by atoms with E-state index < -0.39 is 0 Å². The molecule has 2 unspecified atom stereocenters. The summed E-state index contributed by atoms with van der Waals surface area (Å²) in [5.41, 5.74) is 4.51. The van der Waals surface area contributed by atoms with Gasteiger partial charge in [-0.05, 0) is 81.0 Å². The number of hydrogen-bond donors (Lipinski definition) is 2. The number of hydrogen-bond acceptors (Lipinski definition) is 5. The van der Waals surface area contributed by atoms with E-state index in [4.69, 9.17) is 21.4 Å². The van der Waals surface area contributed by atoms with Crippen LogP contribution in [0, 0.1) is 5.82 Å². The largest absolute Gasteiger partial charge is 0.368 e. The Hall–Kier alpha value is -2.61. The van der Waals surface area contributed by atoms with Gasteiger partial charge < -0.3 is 20.3 Å². The predicted molar refractivity (Wildman–Crippen MR) is 155 cm³/mol. The molecule has 6 nitrogen and oxygen atoms in total. The van der Waals surface area contributed by atoms with Gasteiger partial charge in [-0.2, -0.15) is 5.10 Å². The van der Waals surface area contributed by atoms with Crippen molar-refractivity contribution in [1.29, 1.82) is 0 Å². The lowest BCUT2D eigenvalue weighted by Crippen LogP contribution is -2.43. The van der Waals surface area contributed by atoms with Crippen molar-refractivity contribution in [3.8, 4) is 0 Å². The van der Waals surface area contributed by atoms with Crippen LogP contribution in [0.25, 0.3) is 0 Å². The Kier molecular flexibility index (Phi) is 8.09. The van der Waals surface area contributed by atoms with E-state index >= 15 is 0 Å². The van der Waals surface area contributed by atoms with Crippen molar-refractivity contribution in [3.05, 3.63) is 76.2 Å². The first-order valence-electron chi connectivity index (χ1n) is 14.5. The molecule has 0 bridgehead atoms. The van der Waals surface area contributed by atoms with Gasteiger partial charge in [-0.3, -0.25) is 0 Å². The molecule has 39 heavy (non-hydrogen) atoms. The SMILES string of the molecule is CC(NC1CCN(c2c(F)cccc2Cl)CC1)c1cn(C2CCCCO2)nc1NCc1ccccc1C1CC1. The summed E-state index contributed by atoms with van der Waals surface area (Å²) in [6, 6.07) is 14.1. The number of para-hydroxylation sites is 1. The number of ether oxygens (including phenoxy) is 1. The predicted octanol–water partition coefficient (Wildman–Crippen LogP) is 7.18. The maximum atomic E-state index is 14.5. The van der Waals surface area contributed by atoms with E-state index in [1.54, 1.807) is 12.1 Å². The molecule has 0 spiro atoms. The van der Waals surface area contributed by atoms with Gasteiger partial charge >= 0.3 is 0 Å². The van der Waals surface area contributed by atoms with E-state index in [9.17, 15) is 4.39 Å². The summed E-state index contributed by atoms with van der Waals surface area (Å²) in [6.07, 6.45) is 9.85. The molecule has 3 fully saturated rings. The fourth-order valence-corrected chi connectivity index (χ4v) is 6.39. The number of benzene rings is 2. The van der Waals surface area contributed by atoms with Crippen LogP contribution in [-0.2, 0) is 11.3 Å². The lowest BCUT2D eigenvalue weighted by atomic mass is 10.0. The minimum atomic E-state index is -0.251. The molecule has 0 radical (unpaired) electrons. The van der Waals surface area contributed by atoms with Crippen LogP contribution in [0.1, 0.15) is 86.7 Å². The Bertz CT molecular complexity index is 1240. The third-order valence-corrected chi connectivity index (χ3v) is 8.74. The molecule has 2 aromatic carbocycles. The summed E-state index contributed by atoms with van der Waals surface area (Å²) in [7, 11) is 0. The van der Waals surface area contributed by atoms with Crippen LogP contribution in [0.4, 0.5) is 15.9 Å². The van der Waals surface area contributed by atoms with E-state index in [2.05, 4.69) is 52.9 Å². The molecule has 3 aliphatic rings. The average molecular weight is 552 g/mol. The van der Waals surface area contributed by atoms with Crippen LogP contribution in [-0.4, -0.2) is 35.5 Å². The molecule has 2 N–H and O–H groups in total. The van der Waals surface area contributed by atoms with Gasteiger partial charge in [0.15, 0.2) is 5.82 Å². The summed E-state index contributed by atoms with van der Waals surface area (Å²) in [6.45, 7) is 5.30. The van der Waals surface area contributed by atoms with Crippen molar-refractivity contribution in [2.75, 3.05) is 29.9 Å². The van der Waals surface area contributed by atoms with Gasteiger partial charge in [0.2, 0.25) is 0 Å². The van der Waals surface area contributed by atoms with Crippen LogP contribution in [0.2, 0.25) is 5.02 Å². The average Bonchev–Trinajstić information content (AvgIpc) is 3.72. The molecule has 2 aliphatic heterocycles. The normalized spacial score (nSPS) is 21.2. The highest BCUT2D eigenvalue weighted by Gasteiger charge is 2.28. The Morgan fingerprint density at radius 3 is 2.62 bits per heavy atom. The maximum Gasteiger partial charge on any atom is 0.153 e. The highest BCUT2D eigenvalue weighted by atomic mass is 35.5. The molecule has 6 rings (SSSR count). The Morgan fingerprint density at radius 2 is 1.87 bits per heavy atom. The molecule has 3 aromatic rings. The van der Waals surface area contributed by atoms with Crippen molar-refractivity contribution in [3.63, 3.8) is 0 Å². The molecular formula is C31H39ClFN5O. The van der Waals surface area contributed by atoms with Crippen LogP contribution in [0.5, 0.6) is 0 Å². The van der Waals surface area contributed by atoms with Gasteiger partial charge in [0.1, 0.15) is 12.0 Å². The highest BCUT2D eigenvalue weighted by molar-refractivity contribution is 6.33. The molecule has 2 saturated heterocycles. The second kappa shape index (κ2) is 11.9. The lowest BCUT2D eigenvalue weighted by Gasteiger charge is -2.35. The van der Waals surface area contributed by atoms with Crippen LogP contribution < -0.4 is 15.5 Å². The zero-order valence-corrected chi connectivity index (χ0v) is 23.5. The first-order chi connectivity index (χ1) is 19.1. The van der Waals surface area contributed by atoms with Crippen LogP contribution >= 0.6 is 11.6 Å². The topological polar surface area (TPSA) is 54.4 Å². The van der Waals surface area contributed by atoms with E-state index in [0.717, 1.165) is 69.7 Å². The molecule has 1 aliphatic carbocycles. The number of nitrogens with zero attached hydrogens (tertiary/aromatic N) is 3. The van der Waals surface area contributed by atoms with Crippen molar-refractivity contribution in [2.45, 2.75) is 82.6 Å². The highest BCUT2D eigenvalue weighted by Crippen LogP contribution is 2.42. The zero-order valence-electron chi connectivity index (χ0n) is 22.7. The minimum absolute atomic E-state index is 0.00671. The summed E-state index contributed by atoms with van der Waals surface area (Å²) in [5.74, 6) is 1.38. The fraction of sp³-hybridized carbons (Fsp3) is 0.516. The van der Waals surface area contributed by atoms with Crippen LogP contribution in [0.3, 0.4) is 0 Å². The molecular weight excluding hydrogens is 513 g/mol. The Labute approximate surface area is 235 Å². The minimum Gasteiger partial charge on any atom is -0.368 e. The summed E-state index contributed by atoms with van der Waals surface area (Å²) in [4.78, 5) is 2.07. The van der Waals surface area contributed by atoms with Gasteiger partial charge in [0.25, 0.3) is 0 Å². The number of anilines is 2. The number of rotatable bonds is 9. The molecule has 3 heterocycles. The van der Waals surface area contributed by atoms with E-state index in [1.807, 2.05) is 4.68 Å². The third-order valence-electron chi connectivity index (χ3n) is 8.43. The number of piperidine rings is 1. The maximum absolute atomic E-state index is 14.5. The second-order valence-electron chi connectivity index (χ2n) is 11.3. The summed E-state index contributed by atoms with van der Waals surface area (Å²) >= 11 is 6.33. The monoisotopic (exact) mass is 551 g/mol. The first kappa shape index (κ1) is 26.6. The molecule has 1 saturated carbocycles. The Balaban J connectivity index is 1.15. The van der Waals surface area contributed by atoms with Gasteiger partial charge in [-0.15, -0.1) is 0 Å². The summed E-state index contributed by atoms with van der Waals surface area (Å²) in [5, 5.41) is 13.0. The second-order valence-corrected chi connectivity index (χ2v) is 11.7. The van der Waals surface area contributed by atoms with E-state index in [-0.39, 0.29) is 18.1 Å². The van der Waals surface area contributed by atoms with Crippen molar-refractivity contribution < 1.29 is 9.13 Å². The van der Waals surface area contributed by atoms with Crippen molar-refractivity contribution in [2.24, 2.45) is 0 Å². The number of nitrogens with one attached hydrogen (secondary N) is 2. The van der Waals surface area contributed by atoms with Gasteiger partial charge in [-0.25, -0.2) is 9.07 Å². The smallest absolute Gasteiger partial charge is 0.153 e. The quantitative estimate of drug-likeness (QED) is 0.295. The molecule has 0 amide bonds. The van der Waals surface area contributed by atoms with Crippen molar-refractivity contribution in [1.82, 2.24) is 15.1 Å². The van der Waals surface area contributed by atoms with Crippen LogP contribution in [0.15, 0.2) is 48.7 Å². The van der Waals surface area contributed by atoms with Gasteiger partial charge in [0.05, 0.1) is 10.7 Å². The molecule has 8 heteroatoms. The third kappa shape index (κ3) is 6.11. The lowest BCUT2D eigenvalue weighted by molar-refractivity contribution is -0.0394. The van der Waals surface area contributed by atoms with E-state index in [1.165, 1.54) is 30.0 Å². The van der Waals surface area contributed by atoms with E-state index in [0.29, 0.717) is 22.7 Å².